The van der Waals surface area contributed by atoms with Crippen LogP contribution < -0.4 is 10.9 Å². The van der Waals surface area contributed by atoms with E-state index < -0.39 is 27.6 Å². The Hall–Kier alpha value is -2.80. The summed E-state index contributed by atoms with van der Waals surface area (Å²) in [6.07, 6.45) is -2.45. The molecule has 3 rings (SSSR count). The third kappa shape index (κ3) is 4.77. The first-order chi connectivity index (χ1) is 14.4. The topological polar surface area (TPSA) is 120 Å². The predicted molar refractivity (Wildman–Crippen MR) is 107 cm³/mol. The van der Waals surface area contributed by atoms with Crippen LogP contribution in [0.3, 0.4) is 0 Å². The zero-order valence-electron chi connectivity index (χ0n) is 16.2. The van der Waals surface area contributed by atoms with Crippen molar-refractivity contribution in [1.82, 2.24) is 24.5 Å². The Balaban J connectivity index is 1.99. The fraction of sp³-hybridized carbons (Fsp3) is 0.353. The van der Waals surface area contributed by atoms with Gasteiger partial charge < -0.3 is 5.32 Å². The van der Waals surface area contributed by atoms with Crippen LogP contribution in [0.15, 0.2) is 34.2 Å². The largest absolute Gasteiger partial charge is 0.409 e. The van der Waals surface area contributed by atoms with E-state index in [1.54, 1.807) is 0 Å². The van der Waals surface area contributed by atoms with E-state index in [-0.39, 0.29) is 39.5 Å². The van der Waals surface area contributed by atoms with Gasteiger partial charge >= 0.3 is 6.18 Å². The third-order valence-electron chi connectivity index (χ3n) is 4.44. The van der Waals surface area contributed by atoms with E-state index in [4.69, 9.17) is 11.6 Å². The van der Waals surface area contributed by atoms with Crippen LogP contribution in [0, 0.1) is 0 Å². The highest BCUT2D eigenvalue weighted by Gasteiger charge is 2.39. The van der Waals surface area contributed by atoms with E-state index in [2.05, 4.69) is 25.3 Å². The first-order valence-electron chi connectivity index (χ1n) is 8.87. The van der Waals surface area contributed by atoms with Gasteiger partial charge in [0, 0.05) is 6.20 Å². The number of rotatable bonds is 6. The summed E-state index contributed by atoms with van der Waals surface area (Å²) < 4.78 is 64.2. The lowest BCUT2D eigenvalue weighted by atomic mass is 10.3. The van der Waals surface area contributed by atoms with Gasteiger partial charge in [0.1, 0.15) is 11.6 Å². The molecule has 0 amide bonds. The molecule has 1 N–H and O–H groups in total. The van der Waals surface area contributed by atoms with Crippen LogP contribution in [0.2, 0.25) is 5.28 Å². The van der Waals surface area contributed by atoms with Crippen LogP contribution in [0.1, 0.15) is 25.6 Å². The summed E-state index contributed by atoms with van der Waals surface area (Å²) in [5.41, 5.74) is -1.14. The van der Waals surface area contributed by atoms with Gasteiger partial charge in [0.15, 0.2) is 21.3 Å². The van der Waals surface area contributed by atoms with Gasteiger partial charge in [-0.3, -0.25) is 14.3 Å². The molecule has 3 aromatic heterocycles. The second kappa shape index (κ2) is 8.38. The molecule has 1 atom stereocenters. The molecule has 0 aliphatic carbocycles. The highest BCUT2D eigenvalue weighted by molar-refractivity contribution is 7.91. The number of alkyl halides is 3. The van der Waals surface area contributed by atoms with E-state index >= 15 is 0 Å². The van der Waals surface area contributed by atoms with Crippen molar-refractivity contribution in [2.45, 2.75) is 37.5 Å². The summed E-state index contributed by atoms with van der Waals surface area (Å²) in [5.74, 6) is -0.461. The number of hydrogen-bond acceptors (Lipinski definition) is 8. The molecule has 0 spiro atoms. The van der Waals surface area contributed by atoms with Crippen LogP contribution >= 0.6 is 11.6 Å². The number of nitrogens with zero attached hydrogens (tertiary/aromatic N) is 5. The number of sulfone groups is 1. The lowest BCUT2D eigenvalue weighted by Crippen LogP contribution is -2.35. The van der Waals surface area contributed by atoms with Crippen molar-refractivity contribution in [2.75, 3.05) is 11.1 Å². The van der Waals surface area contributed by atoms with Crippen molar-refractivity contribution in [2.24, 2.45) is 0 Å². The number of fused-ring (bicyclic) bond motifs is 1. The summed E-state index contributed by atoms with van der Waals surface area (Å²) in [5, 5.41) is 2.31. The first-order valence-corrected chi connectivity index (χ1v) is 10.9. The lowest BCUT2D eigenvalue weighted by Gasteiger charge is -2.20. The number of anilines is 1. The van der Waals surface area contributed by atoms with Gasteiger partial charge in [-0.2, -0.15) is 18.2 Å². The van der Waals surface area contributed by atoms with Crippen LogP contribution in [0.25, 0.3) is 11.2 Å². The normalized spacial score (nSPS) is 13.4. The smallest absolute Gasteiger partial charge is 0.360 e. The zero-order chi connectivity index (χ0) is 23.0. The Kier molecular flexibility index (Phi) is 6.18. The van der Waals surface area contributed by atoms with Gasteiger partial charge in [-0.1, -0.05) is 6.92 Å². The Morgan fingerprint density at radius 2 is 1.90 bits per heavy atom. The first kappa shape index (κ1) is 22.9. The summed E-state index contributed by atoms with van der Waals surface area (Å²) in [6.45, 7) is 2.23. The summed E-state index contributed by atoms with van der Waals surface area (Å²) in [7, 11) is -3.43. The van der Waals surface area contributed by atoms with E-state index in [0.29, 0.717) is 10.3 Å². The molecule has 0 saturated carbocycles. The highest BCUT2D eigenvalue weighted by atomic mass is 35.5. The molecule has 0 aliphatic heterocycles. The molecule has 0 bridgehead atoms. The number of hydrogen-bond donors (Lipinski definition) is 1. The van der Waals surface area contributed by atoms with Crippen LogP contribution in [-0.4, -0.2) is 44.8 Å². The molecule has 0 radical (unpaired) electrons. The van der Waals surface area contributed by atoms with Gasteiger partial charge in [-0.15, -0.1) is 0 Å². The average molecular weight is 477 g/mol. The highest BCUT2D eigenvalue weighted by Crippen LogP contribution is 2.31. The van der Waals surface area contributed by atoms with Crippen LogP contribution in [-0.2, 0) is 16.4 Å². The minimum Gasteiger partial charge on any atom is -0.360 e. The lowest BCUT2D eigenvalue weighted by molar-refractivity contribution is -0.162. The van der Waals surface area contributed by atoms with Crippen molar-refractivity contribution in [1.29, 1.82) is 0 Å². The average Bonchev–Trinajstić information content (AvgIpc) is 2.71. The van der Waals surface area contributed by atoms with Crippen molar-refractivity contribution >= 4 is 38.4 Å². The SMILES string of the molecule is CCS(=O)(=O)c1ccc(CNc2nc3cnc(Cl)nc3n([C@@H](C)C(F)(F)F)c2=O)nc1. The molecular formula is C17H16ClF3N6O3S. The zero-order valence-corrected chi connectivity index (χ0v) is 17.8. The maximum atomic E-state index is 13.4. The fourth-order valence-electron chi connectivity index (χ4n) is 2.64. The molecule has 0 aliphatic rings. The van der Waals surface area contributed by atoms with Gasteiger partial charge in [0.2, 0.25) is 5.28 Å². The van der Waals surface area contributed by atoms with Crippen molar-refractivity contribution < 1.29 is 21.6 Å². The maximum absolute atomic E-state index is 13.4. The Morgan fingerprint density at radius 3 is 2.48 bits per heavy atom. The van der Waals surface area contributed by atoms with E-state index in [1.165, 1.54) is 25.3 Å². The van der Waals surface area contributed by atoms with Crippen molar-refractivity contribution in [3.05, 3.63) is 45.9 Å². The molecule has 0 aromatic carbocycles. The van der Waals surface area contributed by atoms with Gasteiger partial charge in [-0.05, 0) is 30.7 Å². The Morgan fingerprint density at radius 1 is 1.19 bits per heavy atom. The second-order valence-corrected chi connectivity index (χ2v) is 9.06. The molecule has 9 nitrogen and oxygen atoms in total. The standard InChI is InChI=1S/C17H16ClF3N6O3S/c1-3-31(29,30)11-5-4-10(22-7-11)6-23-13-15(28)27(9(2)17(19,20)21)14-12(25-13)8-24-16(18)26-14/h4-5,7-9H,3,6H2,1-2H3,(H,23,25)/t9-/m0/s1. The Bertz CT molecular complexity index is 1280. The molecule has 0 fully saturated rings. The van der Waals surface area contributed by atoms with Crippen LogP contribution in [0.4, 0.5) is 19.0 Å². The summed E-state index contributed by atoms with van der Waals surface area (Å²) in [6, 6.07) is 0.584. The van der Waals surface area contributed by atoms with Gasteiger partial charge in [0.05, 0.1) is 29.1 Å². The minimum atomic E-state index is -4.73. The maximum Gasteiger partial charge on any atom is 0.409 e. The molecule has 14 heteroatoms. The van der Waals surface area contributed by atoms with Crippen molar-refractivity contribution in [3.8, 4) is 0 Å². The molecular weight excluding hydrogens is 461 g/mol. The van der Waals surface area contributed by atoms with E-state index in [9.17, 15) is 26.4 Å². The summed E-state index contributed by atoms with van der Waals surface area (Å²) in [4.78, 5) is 28.2. The monoisotopic (exact) mass is 476 g/mol. The molecule has 166 valence electrons. The number of aromatic nitrogens is 5. The summed E-state index contributed by atoms with van der Waals surface area (Å²) >= 11 is 5.68. The predicted octanol–water partition coefficient (Wildman–Crippen LogP) is 2.76. The van der Waals surface area contributed by atoms with E-state index in [0.717, 1.165) is 13.1 Å². The minimum absolute atomic E-state index is 0.0398. The molecule has 3 aromatic rings. The molecule has 3 heterocycles. The van der Waals surface area contributed by atoms with Crippen LogP contribution in [0.5, 0.6) is 0 Å². The van der Waals surface area contributed by atoms with Crippen molar-refractivity contribution in [3.63, 3.8) is 0 Å². The van der Waals surface area contributed by atoms with E-state index in [1.807, 2.05) is 0 Å². The Labute approximate surface area is 179 Å². The number of halogens is 4. The molecule has 0 saturated heterocycles. The number of nitrogens with one attached hydrogen (secondary N) is 1. The van der Waals surface area contributed by atoms with Gasteiger partial charge in [-0.25, -0.2) is 18.4 Å². The molecule has 0 unspecified atom stereocenters. The fourth-order valence-corrected chi connectivity index (χ4v) is 3.59. The number of pyridine rings is 1. The second-order valence-electron chi connectivity index (χ2n) is 6.44. The third-order valence-corrected chi connectivity index (χ3v) is 6.34. The molecule has 31 heavy (non-hydrogen) atoms. The quantitative estimate of drug-likeness (QED) is 0.539. The van der Waals surface area contributed by atoms with Gasteiger partial charge in [0.25, 0.3) is 5.56 Å².